The smallest absolute Gasteiger partial charge is 0.119 e. The zero-order chi connectivity index (χ0) is 17.6. The lowest BCUT2D eigenvalue weighted by Gasteiger charge is -2.10. The summed E-state index contributed by atoms with van der Waals surface area (Å²) in [5, 5.41) is 12.1. The number of aryl methyl sites for hydroxylation is 2. The molecule has 126 valence electrons. The van der Waals surface area contributed by atoms with E-state index in [1.54, 1.807) is 7.11 Å². The van der Waals surface area contributed by atoms with Gasteiger partial charge in [-0.25, -0.2) is 0 Å². The maximum Gasteiger partial charge on any atom is 0.119 e. The fraction of sp³-hybridized carbons (Fsp3) is 0.143. The van der Waals surface area contributed by atoms with Crippen LogP contribution in [0.25, 0.3) is 0 Å². The highest BCUT2D eigenvalue weighted by molar-refractivity contribution is 5.67. The van der Waals surface area contributed by atoms with E-state index in [0.717, 1.165) is 34.1 Å². The summed E-state index contributed by atoms with van der Waals surface area (Å²) in [6, 6.07) is 21.8. The Hall–Kier alpha value is -3.14. The van der Waals surface area contributed by atoms with Gasteiger partial charge in [0.2, 0.25) is 0 Å². The van der Waals surface area contributed by atoms with E-state index in [-0.39, 0.29) is 0 Å². The number of hydrogen-bond acceptors (Lipinski definition) is 4. The summed E-state index contributed by atoms with van der Waals surface area (Å²) in [4.78, 5) is 0. The Bertz CT molecular complexity index is 869. The van der Waals surface area contributed by atoms with Gasteiger partial charge in [-0.1, -0.05) is 23.8 Å². The summed E-state index contributed by atoms with van der Waals surface area (Å²) in [6.45, 7) is 4.12. The van der Waals surface area contributed by atoms with Gasteiger partial charge in [-0.15, -0.1) is 0 Å². The number of methoxy groups -OCH3 is 1. The fourth-order valence-corrected chi connectivity index (χ4v) is 2.36. The predicted octanol–water partition coefficient (Wildman–Crippen LogP) is 6.47. The van der Waals surface area contributed by atoms with Gasteiger partial charge in [0.05, 0.1) is 18.5 Å². The Morgan fingerprint density at radius 3 is 2.08 bits per heavy atom. The van der Waals surface area contributed by atoms with Crippen LogP contribution < -0.4 is 10.1 Å². The van der Waals surface area contributed by atoms with Crippen LogP contribution in [0, 0.1) is 13.8 Å². The molecule has 1 N–H and O–H groups in total. The molecule has 0 bridgehead atoms. The highest BCUT2D eigenvalue weighted by Crippen LogP contribution is 2.28. The van der Waals surface area contributed by atoms with E-state index in [9.17, 15) is 0 Å². The van der Waals surface area contributed by atoms with Crippen molar-refractivity contribution in [2.45, 2.75) is 13.8 Å². The molecule has 0 atom stereocenters. The molecule has 3 aromatic carbocycles. The van der Waals surface area contributed by atoms with Crippen LogP contribution in [0.2, 0.25) is 0 Å². The highest BCUT2D eigenvalue weighted by Gasteiger charge is 2.02. The lowest BCUT2D eigenvalue weighted by molar-refractivity contribution is 0.415. The quantitative estimate of drug-likeness (QED) is 0.544. The van der Waals surface area contributed by atoms with Crippen molar-refractivity contribution >= 4 is 22.7 Å². The van der Waals surface area contributed by atoms with Crippen molar-refractivity contribution in [1.82, 2.24) is 0 Å². The van der Waals surface area contributed by atoms with E-state index in [1.807, 2.05) is 66.7 Å². The van der Waals surface area contributed by atoms with Crippen LogP contribution in [0.3, 0.4) is 0 Å². The zero-order valence-electron chi connectivity index (χ0n) is 14.7. The lowest BCUT2D eigenvalue weighted by Crippen LogP contribution is -1.93. The third kappa shape index (κ3) is 4.44. The van der Waals surface area contributed by atoms with E-state index in [4.69, 9.17) is 4.74 Å². The van der Waals surface area contributed by atoms with Gasteiger partial charge in [-0.05, 0) is 67.9 Å². The summed E-state index contributed by atoms with van der Waals surface area (Å²) < 4.78 is 5.19. The Balaban J connectivity index is 1.78. The van der Waals surface area contributed by atoms with Gasteiger partial charge in [-0.3, -0.25) is 0 Å². The molecule has 25 heavy (non-hydrogen) atoms. The first-order valence-corrected chi connectivity index (χ1v) is 8.14. The van der Waals surface area contributed by atoms with Gasteiger partial charge < -0.3 is 10.1 Å². The number of anilines is 2. The minimum atomic E-state index is 0.808. The van der Waals surface area contributed by atoms with Crippen LogP contribution in [-0.2, 0) is 0 Å². The van der Waals surface area contributed by atoms with Crippen molar-refractivity contribution < 1.29 is 4.74 Å². The van der Waals surface area contributed by atoms with Crippen LogP contribution in [0.15, 0.2) is 77.0 Å². The maximum atomic E-state index is 5.19. The van der Waals surface area contributed by atoms with Crippen molar-refractivity contribution in [3.8, 4) is 5.75 Å². The van der Waals surface area contributed by atoms with Crippen LogP contribution >= 0.6 is 0 Å². The van der Waals surface area contributed by atoms with E-state index in [2.05, 4.69) is 29.4 Å². The highest BCUT2D eigenvalue weighted by atomic mass is 16.5. The van der Waals surface area contributed by atoms with Crippen molar-refractivity contribution in [2.75, 3.05) is 12.4 Å². The first-order chi connectivity index (χ1) is 12.1. The summed E-state index contributed by atoms with van der Waals surface area (Å²) in [6.07, 6.45) is 0. The molecule has 0 aliphatic rings. The van der Waals surface area contributed by atoms with Crippen LogP contribution in [-0.4, -0.2) is 7.11 Å². The second-order valence-electron chi connectivity index (χ2n) is 5.89. The van der Waals surface area contributed by atoms with Crippen LogP contribution in [0.1, 0.15) is 11.1 Å². The molecule has 0 saturated heterocycles. The summed E-state index contributed by atoms with van der Waals surface area (Å²) in [7, 11) is 1.66. The van der Waals surface area contributed by atoms with Crippen molar-refractivity contribution in [2.24, 2.45) is 10.2 Å². The van der Waals surface area contributed by atoms with Crippen molar-refractivity contribution in [3.63, 3.8) is 0 Å². The lowest BCUT2D eigenvalue weighted by atomic mass is 10.1. The average Bonchev–Trinajstić information content (AvgIpc) is 2.64. The normalized spacial score (nSPS) is 10.8. The summed E-state index contributed by atoms with van der Waals surface area (Å²) in [5.41, 5.74) is 6.01. The van der Waals surface area contributed by atoms with E-state index in [0.29, 0.717) is 0 Å². The van der Waals surface area contributed by atoms with Gasteiger partial charge >= 0.3 is 0 Å². The number of rotatable bonds is 5. The number of azo groups is 1. The maximum absolute atomic E-state index is 5.19. The molecule has 0 amide bonds. The minimum Gasteiger partial charge on any atom is -0.497 e. The van der Waals surface area contributed by atoms with Crippen molar-refractivity contribution in [1.29, 1.82) is 0 Å². The average molecular weight is 331 g/mol. The molecule has 0 spiro atoms. The molecule has 0 radical (unpaired) electrons. The topological polar surface area (TPSA) is 46.0 Å². The molecular weight excluding hydrogens is 310 g/mol. The van der Waals surface area contributed by atoms with Gasteiger partial charge in [-0.2, -0.15) is 10.2 Å². The van der Waals surface area contributed by atoms with E-state index < -0.39 is 0 Å². The van der Waals surface area contributed by atoms with Crippen LogP contribution in [0.4, 0.5) is 22.7 Å². The van der Waals surface area contributed by atoms with Gasteiger partial charge in [0.1, 0.15) is 5.75 Å². The molecule has 0 heterocycles. The Morgan fingerprint density at radius 2 is 1.40 bits per heavy atom. The molecular formula is C21H21N3O. The monoisotopic (exact) mass is 331 g/mol. The SMILES string of the molecule is COc1ccc(Nc2cc(N=Nc3ccc(C)cc3)ccc2C)cc1. The predicted molar refractivity (Wildman–Crippen MR) is 103 cm³/mol. The molecule has 0 aliphatic heterocycles. The molecule has 0 unspecified atom stereocenters. The molecule has 3 rings (SSSR count). The fourth-order valence-electron chi connectivity index (χ4n) is 2.36. The molecule has 0 aromatic heterocycles. The Labute approximate surface area is 148 Å². The van der Waals surface area contributed by atoms with Gasteiger partial charge in [0, 0.05) is 11.4 Å². The largest absolute Gasteiger partial charge is 0.497 e. The number of hydrogen-bond donors (Lipinski definition) is 1. The zero-order valence-corrected chi connectivity index (χ0v) is 14.7. The Kier molecular flexibility index (Phi) is 5.09. The molecule has 4 nitrogen and oxygen atoms in total. The van der Waals surface area contributed by atoms with Gasteiger partial charge in [0.25, 0.3) is 0 Å². The standard InChI is InChI=1S/C21H21N3O/c1-15-4-7-18(8-5-15)23-24-19-9-6-16(2)21(14-19)22-17-10-12-20(25-3)13-11-17/h4-14,22H,1-3H3. The minimum absolute atomic E-state index is 0.808. The molecule has 0 saturated carbocycles. The second kappa shape index (κ2) is 7.62. The number of nitrogens with one attached hydrogen (secondary N) is 1. The Morgan fingerprint density at radius 1 is 0.760 bits per heavy atom. The third-order valence-corrected chi connectivity index (χ3v) is 3.91. The summed E-state index contributed by atoms with van der Waals surface area (Å²) >= 11 is 0. The number of benzene rings is 3. The van der Waals surface area contributed by atoms with Crippen LogP contribution in [0.5, 0.6) is 5.75 Å². The number of ether oxygens (including phenoxy) is 1. The van der Waals surface area contributed by atoms with Gasteiger partial charge in [0.15, 0.2) is 0 Å². The number of nitrogens with zero attached hydrogens (tertiary/aromatic N) is 2. The second-order valence-corrected chi connectivity index (χ2v) is 5.89. The molecule has 3 aromatic rings. The van der Waals surface area contributed by atoms with E-state index >= 15 is 0 Å². The van der Waals surface area contributed by atoms with Crippen molar-refractivity contribution in [3.05, 3.63) is 77.9 Å². The molecule has 0 fully saturated rings. The summed E-state index contributed by atoms with van der Waals surface area (Å²) in [5.74, 6) is 0.836. The third-order valence-electron chi connectivity index (χ3n) is 3.91. The van der Waals surface area contributed by atoms with E-state index in [1.165, 1.54) is 5.56 Å². The first kappa shape index (κ1) is 16.7. The molecule has 0 aliphatic carbocycles. The molecule has 4 heteroatoms. The first-order valence-electron chi connectivity index (χ1n) is 8.14.